The van der Waals surface area contributed by atoms with E-state index >= 15 is 0 Å². The molecule has 10 heteroatoms. The van der Waals surface area contributed by atoms with E-state index in [1.807, 2.05) is 6.92 Å². The Morgan fingerprint density at radius 2 is 1.50 bits per heavy atom. The molecule has 0 fully saturated rings. The van der Waals surface area contributed by atoms with Crippen molar-refractivity contribution in [2.75, 3.05) is 0 Å². The SMILES string of the molecule is Cc1cc(OP(=O)(O)OP(=O)(O)O)c(C)c2c1O[C@](C)(CCC[C@H](C)CCC[C@H](C)CCCC(C)C)CC2. The van der Waals surface area contributed by atoms with E-state index in [1.165, 1.54) is 44.9 Å². The van der Waals surface area contributed by atoms with Crippen LogP contribution in [0.2, 0.25) is 0 Å². The lowest BCUT2D eigenvalue weighted by molar-refractivity contribution is 0.0512. The maximum absolute atomic E-state index is 12.1. The number of hydrogen-bond acceptors (Lipinski definition) is 5. The van der Waals surface area contributed by atoms with Crippen LogP contribution < -0.4 is 9.26 Å². The summed E-state index contributed by atoms with van der Waals surface area (Å²) in [6.45, 7) is 15.1. The number of rotatable bonds is 16. The van der Waals surface area contributed by atoms with Crippen LogP contribution in [-0.4, -0.2) is 20.3 Å². The Morgan fingerprint density at radius 3 is 2.05 bits per heavy atom. The molecule has 1 heterocycles. The zero-order valence-corrected chi connectivity index (χ0v) is 26.2. The van der Waals surface area contributed by atoms with Crippen LogP contribution in [0.5, 0.6) is 11.5 Å². The minimum Gasteiger partial charge on any atom is -0.487 e. The number of hydrogen-bond donors (Lipinski definition) is 3. The van der Waals surface area contributed by atoms with Crippen molar-refractivity contribution in [2.45, 2.75) is 125 Å². The molecular weight excluding hydrogens is 526 g/mol. The smallest absolute Gasteiger partial charge is 0.487 e. The van der Waals surface area contributed by atoms with Crippen molar-refractivity contribution in [3.05, 3.63) is 22.8 Å². The molecule has 1 aromatic rings. The molecule has 1 aromatic carbocycles. The molecule has 8 nitrogen and oxygen atoms in total. The van der Waals surface area contributed by atoms with E-state index in [2.05, 4.69) is 38.9 Å². The molecule has 220 valence electrons. The second-order valence-electron chi connectivity index (χ2n) is 12.2. The molecule has 0 radical (unpaired) electrons. The lowest BCUT2D eigenvalue weighted by Gasteiger charge is -2.38. The van der Waals surface area contributed by atoms with Crippen molar-refractivity contribution in [3.63, 3.8) is 0 Å². The molecule has 38 heavy (non-hydrogen) atoms. The van der Waals surface area contributed by atoms with Gasteiger partial charge in [-0.05, 0) is 81.4 Å². The molecule has 1 aliphatic rings. The summed E-state index contributed by atoms with van der Waals surface area (Å²) in [6.07, 6.45) is 12.7. The van der Waals surface area contributed by atoms with Gasteiger partial charge in [-0.25, -0.2) is 9.13 Å². The van der Waals surface area contributed by atoms with Gasteiger partial charge in [0.15, 0.2) is 0 Å². The summed E-state index contributed by atoms with van der Waals surface area (Å²) >= 11 is 0. The second kappa shape index (κ2) is 14.1. The fourth-order valence-electron chi connectivity index (χ4n) is 5.41. The zero-order valence-electron chi connectivity index (χ0n) is 24.4. The number of ether oxygens (including phenoxy) is 1. The van der Waals surface area contributed by atoms with Gasteiger partial charge in [-0.2, -0.15) is 4.31 Å². The highest BCUT2D eigenvalue weighted by molar-refractivity contribution is 7.60. The Kier molecular flexibility index (Phi) is 12.4. The normalized spacial score (nSPS) is 20.9. The summed E-state index contributed by atoms with van der Waals surface area (Å²) in [7, 11) is -10.2. The molecule has 1 unspecified atom stereocenters. The monoisotopic (exact) mass is 576 g/mol. The average molecular weight is 577 g/mol. The summed E-state index contributed by atoms with van der Waals surface area (Å²) in [4.78, 5) is 27.5. The van der Waals surface area contributed by atoms with E-state index in [-0.39, 0.29) is 11.4 Å². The standard InChI is InChI=1S/C28H50O8P2/c1-20(2)11-8-12-21(3)13-9-14-22(4)15-10-17-28(7)18-16-25-24(6)26(19-23(5)27(25)34-28)35-38(32,33)36-37(29,30)31/h19-22H,8-18H2,1-7H3,(H,32,33)(H2,29,30,31)/t21-,22-,28-/m1/s1. The lowest BCUT2D eigenvalue weighted by Crippen LogP contribution is -2.37. The first-order chi connectivity index (χ1) is 17.5. The molecule has 0 amide bonds. The predicted octanol–water partition coefficient (Wildman–Crippen LogP) is 8.41. The van der Waals surface area contributed by atoms with Gasteiger partial charge in [0.25, 0.3) is 0 Å². The van der Waals surface area contributed by atoms with Crippen molar-refractivity contribution in [3.8, 4) is 11.5 Å². The average Bonchev–Trinajstić information content (AvgIpc) is 2.75. The first kappa shape index (κ1) is 33.3. The number of benzene rings is 1. The Morgan fingerprint density at radius 1 is 0.947 bits per heavy atom. The molecule has 4 atom stereocenters. The van der Waals surface area contributed by atoms with Crippen LogP contribution in [0, 0.1) is 31.6 Å². The topological polar surface area (TPSA) is 123 Å². The van der Waals surface area contributed by atoms with Crippen LogP contribution in [-0.2, 0) is 19.9 Å². The minimum absolute atomic E-state index is 0.0517. The number of fused-ring (bicyclic) bond motifs is 1. The summed E-state index contributed by atoms with van der Waals surface area (Å²) in [6, 6.07) is 1.55. The summed E-state index contributed by atoms with van der Waals surface area (Å²) < 4.78 is 38.5. The molecule has 0 aromatic heterocycles. The van der Waals surface area contributed by atoms with Crippen LogP contribution in [0.15, 0.2) is 6.07 Å². The number of aryl methyl sites for hydroxylation is 1. The van der Waals surface area contributed by atoms with Gasteiger partial charge in [0.1, 0.15) is 17.1 Å². The number of phosphoric acid groups is 2. The number of phosphoric ester groups is 1. The van der Waals surface area contributed by atoms with Gasteiger partial charge in [0.2, 0.25) is 0 Å². The van der Waals surface area contributed by atoms with Crippen LogP contribution in [0.3, 0.4) is 0 Å². The highest BCUT2D eigenvalue weighted by atomic mass is 31.3. The fourth-order valence-corrected chi connectivity index (χ4v) is 7.05. The summed E-state index contributed by atoms with van der Waals surface area (Å²) in [5.41, 5.74) is 1.93. The Labute approximate surface area is 229 Å². The van der Waals surface area contributed by atoms with Crippen molar-refractivity contribution in [1.29, 1.82) is 0 Å². The van der Waals surface area contributed by atoms with Gasteiger partial charge in [0.05, 0.1) is 0 Å². The Balaban J connectivity index is 1.87. The largest absolute Gasteiger partial charge is 0.536 e. The maximum Gasteiger partial charge on any atom is 0.536 e. The molecule has 0 spiro atoms. The van der Waals surface area contributed by atoms with Crippen molar-refractivity contribution in [2.24, 2.45) is 17.8 Å². The van der Waals surface area contributed by atoms with Gasteiger partial charge >= 0.3 is 15.6 Å². The van der Waals surface area contributed by atoms with Gasteiger partial charge in [0, 0.05) is 5.56 Å². The predicted molar refractivity (Wildman–Crippen MR) is 152 cm³/mol. The van der Waals surface area contributed by atoms with Crippen molar-refractivity contribution < 1.29 is 37.4 Å². The molecule has 1 aliphatic heterocycles. The van der Waals surface area contributed by atoms with E-state index in [1.54, 1.807) is 13.0 Å². The Bertz CT molecular complexity index is 1010. The van der Waals surface area contributed by atoms with Gasteiger partial charge in [-0.1, -0.05) is 72.6 Å². The van der Waals surface area contributed by atoms with Crippen LogP contribution >= 0.6 is 15.6 Å². The van der Waals surface area contributed by atoms with E-state index < -0.39 is 15.6 Å². The quantitative estimate of drug-likeness (QED) is 0.168. The van der Waals surface area contributed by atoms with E-state index in [4.69, 9.17) is 19.0 Å². The molecular formula is C28H50O8P2. The zero-order chi connectivity index (χ0) is 28.7. The van der Waals surface area contributed by atoms with Crippen molar-refractivity contribution in [1.82, 2.24) is 0 Å². The van der Waals surface area contributed by atoms with E-state index in [0.717, 1.165) is 54.4 Å². The van der Waals surface area contributed by atoms with Gasteiger partial charge in [-0.15, -0.1) is 0 Å². The highest BCUT2D eigenvalue weighted by Crippen LogP contribution is 2.58. The van der Waals surface area contributed by atoms with E-state index in [9.17, 15) is 14.0 Å². The maximum atomic E-state index is 12.1. The van der Waals surface area contributed by atoms with Crippen molar-refractivity contribution >= 4 is 15.6 Å². The molecule has 0 saturated heterocycles. The van der Waals surface area contributed by atoms with E-state index in [0.29, 0.717) is 11.5 Å². The first-order valence-corrected chi connectivity index (χ1v) is 17.1. The first-order valence-electron chi connectivity index (χ1n) is 14.1. The molecule has 0 saturated carbocycles. The second-order valence-corrected chi connectivity index (χ2v) is 14.9. The van der Waals surface area contributed by atoms with Crippen LogP contribution in [0.4, 0.5) is 0 Å². The van der Waals surface area contributed by atoms with Gasteiger partial charge < -0.3 is 19.0 Å². The van der Waals surface area contributed by atoms with Crippen LogP contribution in [0.1, 0.15) is 116 Å². The van der Waals surface area contributed by atoms with Gasteiger partial charge in [-0.3, -0.25) is 4.89 Å². The third-order valence-corrected chi connectivity index (χ3v) is 9.86. The molecule has 3 N–H and O–H groups in total. The highest BCUT2D eigenvalue weighted by Gasteiger charge is 2.37. The third kappa shape index (κ3) is 11.3. The third-order valence-electron chi connectivity index (χ3n) is 7.75. The summed E-state index contributed by atoms with van der Waals surface area (Å²) in [5, 5.41) is 0. The molecule has 2 rings (SSSR count). The molecule has 0 bridgehead atoms. The Hall–Kier alpha value is -0.880. The molecule has 0 aliphatic carbocycles. The fraction of sp³-hybridized carbons (Fsp3) is 0.786. The minimum atomic E-state index is -5.19. The summed E-state index contributed by atoms with van der Waals surface area (Å²) in [5.74, 6) is 3.12. The lowest BCUT2D eigenvalue weighted by atomic mass is 9.84. The van der Waals surface area contributed by atoms with Crippen LogP contribution in [0.25, 0.3) is 0 Å².